The largest absolute Gasteiger partial charge is 0.456 e. The molecule has 2 aliphatic rings. The minimum atomic E-state index is -0.286. The third-order valence-corrected chi connectivity index (χ3v) is 5.10. The highest BCUT2D eigenvalue weighted by Crippen LogP contribution is 2.18. The van der Waals surface area contributed by atoms with E-state index in [9.17, 15) is 9.59 Å². The van der Waals surface area contributed by atoms with E-state index in [2.05, 4.69) is 21.7 Å². The summed E-state index contributed by atoms with van der Waals surface area (Å²) < 4.78 is 5.01. The van der Waals surface area contributed by atoms with Gasteiger partial charge < -0.3 is 19.4 Å². The molecule has 2 saturated heterocycles. The van der Waals surface area contributed by atoms with Gasteiger partial charge in [-0.25, -0.2) is 0 Å². The molecule has 0 atom stereocenters. The molecule has 1 amide bonds. The molecule has 0 aromatic heterocycles. The van der Waals surface area contributed by atoms with Crippen LogP contribution in [0.4, 0.5) is 0 Å². The Morgan fingerprint density at radius 2 is 1.67 bits per heavy atom. The quantitative estimate of drug-likeness (QED) is 0.620. The maximum atomic E-state index is 11.7. The number of likely N-dealkylation sites (N-methyl/N-ethyl adjacent to an activating group) is 2. The third-order valence-electron chi connectivity index (χ3n) is 5.10. The summed E-state index contributed by atoms with van der Waals surface area (Å²) in [6.45, 7) is 7.33. The zero-order chi connectivity index (χ0) is 17.5. The molecule has 7 nitrogen and oxygen atoms in total. The predicted octanol–water partition coefficient (Wildman–Crippen LogP) is -0.280. The van der Waals surface area contributed by atoms with E-state index in [1.807, 2.05) is 0 Å². The number of hydrogen-bond acceptors (Lipinski definition) is 6. The van der Waals surface area contributed by atoms with E-state index in [4.69, 9.17) is 4.74 Å². The number of carbonyl (C=O) groups excluding carboxylic acids is 2. The molecule has 0 spiro atoms. The van der Waals surface area contributed by atoms with Crippen LogP contribution < -0.4 is 0 Å². The second-order valence-corrected chi connectivity index (χ2v) is 7.11. The monoisotopic (exact) mass is 340 g/mol. The number of piperidine rings is 1. The van der Waals surface area contributed by atoms with Gasteiger partial charge >= 0.3 is 5.97 Å². The average Bonchev–Trinajstić information content (AvgIpc) is 2.59. The normalized spacial score (nSPS) is 21.6. The van der Waals surface area contributed by atoms with Crippen molar-refractivity contribution in [3.05, 3.63) is 0 Å². The Balaban J connectivity index is 1.59. The van der Waals surface area contributed by atoms with Crippen molar-refractivity contribution in [2.45, 2.75) is 25.3 Å². The lowest BCUT2D eigenvalue weighted by Gasteiger charge is -2.42. The number of nitrogens with zero attached hydrogens (tertiary/aromatic N) is 4. The highest BCUT2D eigenvalue weighted by Gasteiger charge is 2.26. The molecular weight excluding hydrogens is 308 g/mol. The molecule has 0 radical (unpaired) electrons. The Bertz CT molecular complexity index is 414. The van der Waals surface area contributed by atoms with Gasteiger partial charge in [0, 0.05) is 52.9 Å². The lowest BCUT2D eigenvalue weighted by atomic mass is 10.0. The number of ether oxygens (including phenoxy) is 1. The number of esters is 1. The zero-order valence-electron chi connectivity index (χ0n) is 15.4. The molecule has 138 valence electrons. The first-order chi connectivity index (χ1) is 11.5. The van der Waals surface area contributed by atoms with Crippen molar-refractivity contribution < 1.29 is 14.3 Å². The smallest absolute Gasteiger partial charge is 0.307 e. The van der Waals surface area contributed by atoms with Crippen LogP contribution in [0.5, 0.6) is 0 Å². The second kappa shape index (κ2) is 9.34. The number of carbonyl (C=O) groups is 2. The van der Waals surface area contributed by atoms with Crippen LogP contribution in [-0.2, 0) is 14.3 Å². The van der Waals surface area contributed by atoms with Crippen LogP contribution in [0.2, 0.25) is 0 Å². The summed E-state index contributed by atoms with van der Waals surface area (Å²) in [4.78, 5) is 31.9. The molecule has 7 heteroatoms. The summed E-state index contributed by atoms with van der Waals surface area (Å²) in [7, 11) is 5.49. The second-order valence-electron chi connectivity index (χ2n) is 7.11. The zero-order valence-corrected chi connectivity index (χ0v) is 15.4. The predicted molar refractivity (Wildman–Crippen MR) is 92.8 cm³/mol. The topological polar surface area (TPSA) is 56.3 Å². The van der Waals surface area contributed by atoms with E-state index >= 15 is 0 Å². The summed E-state index contributed by atoms with van der Waals surface area (Å²) in [6.07, 6.45) is 2.72. The van der Waals surface area contributed by atoms with Crippen molar-refractivity contribution in [3.8, 4) is 0 Å². The highest BCUT2D eigenvalue weighted by molar-refractivity contribution is 5.80. The van der Waals surface area contributed by atoms with Crippen molar-refractivity contribution in [2.24, 2.45) is 0 Å². The Labute approximate surface area is 145 Å². The van der Waals surface area contributed by atoms with Crippen LogP contribution in [0, 0.1) is 0 Å². The van der Waals surface area contributed by atoms with E-state index in [0.717, 1.165) is 32.7 Å². The van der Waals surface area contributed by atoms with Crippen LogP contribution in [0.3, 0.4) is 0 Å². The van der Waals surface area contributed by atoms with Crippen molar-refractivity contribution >= 4 is 11.9 Å². The molecule has 0 saturated carbocycles. The first kappa shape index (κ1) is 19.1. The fraction of sp³-hybridized carbons (Fsp3) is 0.882. The number of amides is 1. The fourth-order valence-corrected chi connectivity index (χ4v) is 3.29. The summed E-state index contributed by atoms with van der Waals surface area (Å²) in [5, 5.41) is 0. The van der Waals surface area contributed by atoms with Crippen LogP contribution in [-0.4, -0.2) is 111 Å². The van der Waals surface area contributed by atoms with Crippen LogP contribution in [0.15, 0.2) is 0 Å². The van der Waals surface area contributed by atoms with E-state index in [1.165, 1.54) is 30.8 Å². The SMILES string of the molecule is CN1CCN(C2CCN(CCC(=O)OCC(=O)N(C)C)CC2)CC1. The molecule has 0 aromatic rings. The molecule has 2 fully saturated rings. The van der Waals surface area contributed by atoms with E-state index < -0.39 is 0 Å². The molecular formula is C17H32N4O3. The van der Waals surface area contributed by atoms with E-state index in [-0.39, 0.29) is 18.5 Å². The molecule has 0 aliphatic carbocycles. The summed E-state index contributed by atoms with van der Waals surface area (Å²) in [5.74, 6) is -0.470. The summed E-state index contributed by atoms with van der Waals surface area (Å²) >= 11 is 0. The molecule has 0 N–H and O–H groups in total. The molecule has 2 heterocycles. The van der Waals surface area contributed by atoms with Gasteiger partial charge in [0.05, 0.1) is 6.42 Å². The van der Waals surface area contributed by atoms with E-state index in [0.29, 0.717) is 12.5 Å². The standard InChI is InChI=1S/C17H32N4O3/c1-18(2)16(22)14-24-17(23)6-9-20-7-4-15(5-8-20)21-12-10-19(3)11-13-21/h15H,4-14H2,1-3H3. The molecule has 0 bridgehead atoms. The Hall–Kier alpha value is -1.18. The Kier molecular flexibility index (Phi) is 7.45. The van der Waals surface area contributed by atoms with Gasteiger partial charge in [0.15, 0.2) is 6.61 Å². The van der Waals surface area contributed by atoms with E-state index in [1.54, 1.807) is 14.1 Å². The van der Waals surface area contributed by atoms with Crippen molar-refractivity contribution in [2.75, 3.05) is 73.6 Å². The Morgan fingerprint density at radius 3 is 2.25 bits per heavy atom. The highest BCUT2D eigenvalue weighted by atomic mass is 16.5. The van der Waals surface area contributed by atoms with Gasteiger partial charge in [0.2, 0.25) is 0 Å². The van der Waals surface area contributed by atoms with Crippen LogP contribution >= 0.6 is 0 Å². The van der Waals surface area contributed by atoms with Gasteiger partial charge in [-0.1, -0.05) is 0 Å². The van der Waals surface area contributed by atoms with Crippen LogP contribution in [0.25, 0.3) is 0 Å². The molecule has 0 unspecified atom stereocenters. The average molecular weight is 340 g/mol. The van der Waals surface area contributed by atoms with Gasteiger partial charge in [0.25, 0.3) is 5.91 Å². The maximum Gasteiger partial charge on any atom is 0.307 e. The van der Waals surface area contributed by atoms with Gasteiger partial charge in [0.1, 0.15) is 0 Å². The minimum absolute atomic E-state index is 0.155. The summed E-state index contributed by atoms with van der Waals surface area (Å²) in [6, 6.07) is 0.694. The third kappa shape index (κ3) is 6.03. The lowest BCUT2D eigenvalue weighted by molar-refractivity contribution is -0.151. The van der Waals surface area contributed by atoms with Gasteiger partial charge in [-0.2, -0.15) is 0 Å². The van der Waals surface area contributed by atoms with Gasteiger partial charge in [-0.3, -0.25) is 14.5 Å². The number of piperazine rings is 1. The van der Waals surface area contributed by atoms with Crippen molar-refractivity contribution in [1.29, 1.82) is 0 Å². The van der Waals surface area contributed by atoms with Crippen molar-refractivity contribution in [3.63, 3.8) is 0 Å². The summed E-state index contributed by atoms with van der Waals surface area (Å²) in [5.41, 5.74) is 0. The fourth-order valence-electron chi connectivity index (χ4n) is 3.29. The molecule has 2 rings (SSSR count). The number of rotatable bonds is 6. The lowest BCUT2D eigenvalue weighted by Crippen LogP contribution is -2.52. The van der Waals surface area contributed by atoms with Crippen LogP contribution in [0.1, 0.15) is 19.3 Å². The molecule has 2 aliphatic heterocycles. The number of likely N-dealkylation sites (tertiary alicyclic amines) is 1. The first-order valence-electron chi connectivity index (χ1n) is 8.96. The van der Waals surface area contributed by atoms with Crippen molar-refractivity contribution in [1.82, 2.24) is 19.6 Å². The van der Waals surface area contributed by atoms with Gasteiger partial charge in [-0.15, -0.1) is 0 Å². The first-order valence-corrected chi connectivity index (χ1v) is 8.96. The maximum absolute atomic E-state index is 11.7. The number of hydrogen-bond donors (Lipinski definition) is 0. The van der Waals surface area contributed by atoms with Gasteiger partial charge in [-0.05, 0) is 33.0 Å². The Morgan fingerprint density at radius 1 is 1.04 bits per heavy atom. The molecule has 0 aromatic carbocycles. The molecule has 24 heavy (non-hydrogen) atoms. The minimum Gasteiger partial charge on any atom is -0.456 e.